The van der Waals surface area contributed by atoms with Crippen molar-refractivity contribution in [2.45, 2.75) is 58.2 Å². The number of rotatable bonds is 4. The zero-order valence-corrected chi connectivity index (χ0v) is 12.9. The predicted molar refractivity (Wildman–Crippen MR) is 83.5 cm³/mol. The summed E-state index contributed by atoms with van der Waals surface area (Å²) in [4.78, 5) is 14.7. The van der Waals surface area contributed by atoms with E-state index in [1.54, 1.807) is 0 Å². The average molecular weight is 293 g/mol. The second-order valence-electron chi connectivity index (χ2n) is 5.83. The van der Waals surface area contributed by atoms with Gasteiger partial charge in [-0.05, 0) is 51.3 Å². The van der Waals surface area contributed by atoms with Crippen molar-refractivity contribution in [1.29, 1.82) is 0 Å². The van der Waals surface area contributed by atoms with E-state index in [1.807, 2.05) is 6.92 Å². The fourth-order valence-electron chi connectivity index (χ4n) is 3.22. The molecule has 1 heterocycles. The van der Waals surface area contributed by atoms with Crippen molar-refractivity contribution in [3.8, 4) is 0 Å². The standard InChI is InChI=1S/C16H24FN3O/c1-4-13-7-5-10(2)20(13)11(3)16(21)19-15-8-6-12(17)9-14(15)18/h6,8-11,13H,4-5,7,18H2,1-3H3,(H,19,21). The monoisotopic (exact) mass is 293 g/mol. The zero-order chi connectivity index (χ0) is 15.6. The number of likely N-dealkylation sites (tertiary alicyclic amines) is 1. The number of nitrogen functional groups attached to an aromatic ring is 1. The summed E-state index contributed by atoms with van der Waals surface area (Å²) in [5.41, 5.74) is 6.45. The first kappa shape index (κ1) is 15.8. The molecule has 2 rings (SSSR count). The minimum absolute atomic E-state index is 0.0968. The van der Waals surface area contributed by atoms with Crippen molar-refractivity contribution in [3.63, 3.8) is 0 Å². The van der Waals surface area contributed by atoms with Gasteiger partial charge in [-0.25, -0.2) is 4.39 Å². The molecule has 1 aromatic carbocycles. The van der Waals surface area contributed by atoms with E-state index in [0.29, 0.717) is 17.8 Å². The van der Waals surface area contributed by atoms with Crippen LogP contribution in [0, 0.1) is 5.82 Å². The number of carbonyl (C=O) groups excluding carboxylic acids is 1. The Labute approximate surface area is 125 Å². The van der Waals surface area contributed by atoms with Crippen LogP contribution in [0.25, 0.3) is 0 Å². The number of amides is 1. The first-order chi connectivity index (χ1) is 9.93. The van der Waals surface area contributed by atoms with Crippen LogP contribution in [-0.4, -0.2) is 28.9 Å². The molecule has 3 atom stereocenters. The number of nitrogens with two attached hydrogens (primary N) is 1. The van der Waals surface area contributed by atoms with Crippen LogP contribution in [0.2, 0.25) is 0 Å². The molecule has 1 fully saturated rings. The molecule has 3 N–H and O–H groups in total. The third-order valence-electron chi connectivity index (χ3n) is 4.42. The number of benzene rings is 1. The van der Waals surface area contributed by atoms with Gasteiger partial charge in [-0.15, -0.1) is 0 Å². The number of nitrogens with zero attached hydrogens (tertiary/aromatic N) is 1. The lowest BCUT2D eigenvalue weighted by Gasteiger charge is -2.33. The van der Waals surface area contributed by atoms with Gasteiger partial charge in [0.05, 0.1) is 17.4 Å². The van der Waals surface area contributed by atoms with Crippen LogP contribution in [0.15, 0.2) is 18.2 Å². The smallest absolute Gasteiger partial charge is 0.241 e. The topological polar surface area (TPSA) is 58.4 Å². The number of nitrogens with one attached hydrogen (secondary N) is 1. The second kappa shape index (κ2) is 6.43. The zero-order valence-electron chi connectivity index (χ0n) is 12.9. The molecule has 21 heavy (non-hydrogen) atoms. The molecule has 1 amide bonds. The molecule has 0 aliphatic carbocycles. The molecule has 0 spiro atoms. The van der Waals surface area contributed by atoms with E-state index in [9.17, 15) is 9.18 Å². The normalized spacial score (nSPS) is 24.0. The van der Waals surface area contributed by atoms with Crippen LogP contribution in [0.3, 0.4) is 0 Å². The maximum absolute atomic E-state index is 13.0. The lowest BCUT2D eigenvalue weighted by Crippen LogP contribution is -2.47. The van der Waals surface area contributed by atoms with E-state index in [2.05, 4.69) is 24.1 Å². The largest absolute Gasteiger partial charge is 0.397 e. The van der Waals surface area contributed by atoms with Crippen LogP contribution in [0.4, 0.5) is 15.8 Å². The lowest BCUT2D eigenvalue weighted by molar-refractivity contribution is -0.121. The number of halogens is 1. The number of anilines is 2. The van der Waals surface area contributed by atoms with Gasteiger partial charge in [0.1, 0.15) is 5.82 Å². The number of hydrogen-bond donors (Lipinski definition) is 2. The summed E-state index contributed by atoms with van der Waals surface area (Å²) in [5.74, 6) is -0.502. The van der Waals surface area contributed by atoms with Crippen molar-refractivity contribution in [2.75, 3.05) is 11.1 Å². The van der Waals surface area contributed by atoms with E-state index < -0.39 is 5.82 Å². The minimum Gasteiger partial charge on any atom is -0.397 e. The Bertz CT molecular complexity index is 520. The molecule has 0 saturated carbocycles. The molecule has 3 unspecified atom stereocenters. The maximum atomic E-state index is 13.0. The van der Waals surface area contributed by atoms with Crippen molar-refractivity contribution >= 4 is 17.3 Å². The fraction of sp³-hybridized carbons (Fsp3) is 0.562. The Balaban J connectivity index is 2.08. The Morgan fingerprint density at radius 2 is 2.24 bits per heavy atom. The SMILES string of the molecule is CCC1CCC(C)N1C(C)C(=O)Nc1ccc(F)cc1N. The Morgan fingerprint density at radius 3 is 2.86 bits per heavy atom. The quantitative estimate of drug-likeness (QED) is 0.839. The van der Waals surface area contributed by atoms with Crippen molar-refractivity contribution in [3.05, 3.63) is 24.0 Å². The summed E-state index contributed by atoms with van der Waals surface area (Å²) < 4.78 is 13.0. The summed E-state index contributed by atoms with van der Waals surface area (Å²) in [6.07, 6.45) is 3.30. The van der Waals surface area contributed by atoms with Crippen LogP contribution >= 0.6 is 0 Å². The van der Waals surface area contributed by atoms with E-state index in [-0.39, 0.29) is 17.6 Å². The fourth-order valence-corrected chi connectivity index (χ4v) is 3.22. The summed E-state index contributed by atoms with van der Waals surface area (Å²) >= 11 is 0. The Morgan fingerprint density at radius 1 is 1.52 bits per heavy atom. The van der Waals surface area contributed by atoms with E-state index in [4.69, 9.17) is 5.73 Å². The predicted octanol–water partition coefficient (Wildman–Crippen LogP) is 3.00. The highest BCUT2D eigenvalue weighted by atomic mass is 19.1. The van der Waals surface area contributed by atoms with Gasteiger partial charge in [-0.1, -0.05) is 6.92 Å². The summed E-state index contributed by atoms with van der Waals surface area (Å²) in [6, 6.07) is 4.64. The number of carbonyl (C=O) groups is 1. The van der Waals surface area contributed by atoms with Gasteiger partial charge in [0.25, 0.3) is 0 Å². The highest BCUT2D eigenvalue weighted by molar-refractivity contribution is 5.97. The number of hydrogen-bond acceptors (Lipinski definition) is 3. The van der Waals surface area contributed by atoms with Crippen LogP contribution < -0.4 is 11.1 Å². The van der Waals surface area contributed by atoms with Gasteiger partial charge in [-0.3, -0.25) is 9.69 Å². The second-order valence-corrected chi connectivity index (χ2v) is 5.83. The lowest BCUT2D eigenvalue weighted by atomic mass is 10.1. The molecule has 0 bridgehead atoms. The third-order valence-corrected chi connectivity index (χ3v) is 4.42. The van der Waals surface area contributed by atoms with E-state index >= 15 is 0 Å². The molecular weight excluding hydrogens is 269 g/mol. The maximum Gasteiger partial charge on any atom is 0.241 e. The molecular formula is C16H24FN3O. The van der Waals surface area contributed by atoms with Crippen molar-refractivity contribution < 1.29 is 9.18 Å². The van der Waals surface area contributed by atoms with E-state index in [0.717, 1.165) is 19.3 Å². The first-order valence-corrected chi connectivity index (χ1v) is 7.57. The molecule has 0 aromatic heterocycles. The van der Waals surface area contributed by atoms with Gasteiger partial charge in [0, 0.05) is 12.1 Å². The molecule has 4 nitrogen and oxygen atoms in total. The summed E-state index contributed by atoms with van der Waals surface area (Å²) in [7, 11) is 0. The summed E-state index contributed by atoms with van der Waals surface area (Å²) in [5, 5.41) is 2.81. The Hall–Kier alpha value is -1.62. The third kappa shape index (κ3) is 3.35. The summed E-state index contributed by atoms with van der Waals surface area (Å²) in [6.45, 7) is 6.23. The molecule has 1 aromatic rings. The van der Waals surface area contributed by atoms with Gasteiger partial charge in [0.15, 0.2) is 0 Å². The molecule has 1 aliphatic heterocycles. The minimum atomic E-state index is -0.405. The van der Waals surface area contributed by atoms with Crippen LogP contribution in [-0.2, 0) is 4.79 Å². The molecule has 1 aliphatic rings. The molecule has 1 saturated heterocycles. The van der Waals surface area contributed by atoms with Gasteiger partial charge < -0.3 is 11.1 Å². The molecule has 5 heteroatoms. The highest BCUT2D eigenvalue weighted by Crippen LogP contribution is 2.29. The van der Waals surface area contributed by atoms with Gasteiger partial charge in [0.2, 0.25) is 5.91 Å². The van der Waals surface area contributed by atoms with Crippen molar-refractivity contribution in [1.82, 2.24) is 4.90 Å². The highest BCUT2D eigenvalue weighted by Gasteiger charge is 2.35. The van der Waals surface area contributed by atoms with Gasteiger partial charge >= 0.3 is 0 Å². The van der Waals surface area contributed by atoms with Crippen LogP contribution in [0.1, 0.15) is 40.0 Å². The Kier molecular flexibility index (Phi) is 4.83. The molecule has 0 radical (unpaired) electrons. The average Bonchev–Trinajstić information content (AvgIpc) is 2.82. The van der Waals surface area contributed by atoms with Crippen LogP contribution in [0.5, 0.6) is 0 Å². The van der Waals surface area contributed by atoms with E-state index in [1.165, 1.54) is 18.2 Å². The molecule has 116 valence electrons. The van der Waals surface area contributed by atoms with Gasteiger partial charge in [-0.2, -0.15) is 0 Å². The van der Waals surface area contributed by atoms with Crippen molar-refractivity contribution in [2.24, 2.45) is 0 Å². The first-order valence-electron chi connectivity index (χ1n) is 7.57.